The van der Waals surface area contributed by atoms with Crippen LogP contribution in [0.4, 0.5) is 4.79 Å². The van der Waals surface area contributed by atoms with Gasteiger partial charge >= 0.3 is 6.03 Å². The first-order valence-electron chi connectivity index (χ1n) is 10.5. The molecule has 0 fully saturated rings. The molecule has 32 heavy (non-hydrogen) atoms. The molecule has 0 unspecified atom stereocenters. The Morgan fingerprint density at radius 3 is 2.34 bits per heavy atom. The third-order valence-corrected chi connectivity index (χ3v) is 4.19. The van der Waals surface area contributed by atoms with Crippen LogP contribution in [0.15, 0.2) is 42.5 Å². The van der Waals surface area contributed by atoms with Gasteiger partial charge in [0, 0.05) is 12.1 Å². The molecular formula is C24H33N3O5. The zero-order chi connectivity index (χ0) is 23.7. The highest BCUT2D eigenvalue weighted by atomic mass is 16.5. The number of ether oxygens (including phenoxy) is 3. The van der Waals surface area contributed by atoms with Gasteiger partial charge in [0.1, 0.15) is 0 Å². The van der Waals surface area contributed by atoms with Crippen molar-refractivity contribution >= 4 is 11.9 Å². The largest absolute Gasteiger partial charge is 0.493 e. The van der Waals surface area contributed by atoms with Crippen LogP contribution in [0.3, 0.4) is 0 Å². The van der Waals surface area contributed by atoms with E-state index in [2.05, 4.69) is 16.2 Å². The summed E-state index contributed by atoms with van der Waals surface area (Å²) in [6.45, 7) is 10.6. The summed E-state index contributed by atoms with van der Waals surface area (Å²) in [7, 11) is 1.50. The molecule has 0 atom stereocenters. The highest BCUT2D eigenvalue weighted by molar-refractivity contribution is 5.95. The Morgan fingerprint density at radius 2 is 1.69 bits per heavy atom. The van der Waals surface area contributed by atoms with Gasteiger partial charge in [-0.25, -0.2) is 10.2 Å². The van der Waals surface area contributed by atoms with Crippen LogP contribution in [0.5, 0.6) is 11.5 Å². The zero-order valence-corrected chi connectivity index (χ0v) is 19.6. The number of hydrogen-bond acceptors (Lipinski definition) is 5. The number of nitrogens with one attached hydrogen (secondary N) is 3. The number of benzene rings is 2. The fourth-order valence-corrected chi connectivity index (χ4v) is 2.70. The molecule has 0 aliphatic heterocycles. The van der Waals surface area contributed by atoms with Crippen molar-refractivity contribution in [3.63, 3.8) is 0 Å². The van der Waals surface area contributed by atoms with Gasteiger partial charge in [-0.2, -0.15) is 0 Å². The molecule has 2 rings (SSSR count). The van der Waals surface area contributed by atoms with E-state index >= 15 is 0 Å². The van der Waals surface area contributed by atoms with Crippen LogP contribution in [0.2, 0.25) is 0 Å². The molecule has 0 saturated heterocycles. The Balaban J connectivity index is 1.85. The average molecular weight is 444 g/mol. The van der Waals surface area contributed by atoms with Crippen LogP contribution in [0, 0.1) is 0 Å². The summed E-state index contributed by atoms with van der Waals surface area (Å²) < 4.78 is 16.7. The summed E-state index contributed by atoms with van der Waals surface area (Å²) >= 11 is 0. The SMILES string of the molecule is COc1cc(C(=O)NNC(=O)NCc2cccc(COC(C)(C)C)c2)ccc1OC(C)C. The number of carbonyl (C=O) groups excluding carboxylic acids is 2. The van der Waals surface area contributed by atoms with Crippen molar-refractivity contribution < 1.29 is 23.8 Å². The van der Waals surface area contributed by atoms with Crippen molar-refractivity contribution in [1.82, 2.24) is 16.2 Å². The normalized spacial score (nSPS) is 11.1. The van der Waals surface area contributed by atoms with Gasteiger partial charge in [-0.3, -0.25) is 10.2 Å². The molecule has 174 valence electrons. The monoisotopic (exact) mass is 443 g/mol. The van der Waals surface area contributed by atoms with Crippen molar-refractivity contribution in [3.8, 4) is 11.5 Å². The summed E-state index contributed by atoms with van der Waals surface area (Å²) in [5, 5.41) is 2.71. The molecule has 2 aromatic carbocycles. The highest BCUT2D eigenvalue weighted by Crippen LogP contribution is 2.28. The molecule has 8 heteroatoms. The minimum absolute atomic E-state index is 0.0272. The van der Waals surface area contributed by atoms with E-state index < -0.39 is 11.9 Å². The topological polar surface area (TPSA) is 97.9 Å². The van der Waals surface area contributed by atoms with Gasteiger partial charge < -0.3 is 19.5 Å². The first-order valence-corrected chi connectivity index (χ1v) is 10.5. The molecule has 0 heterocycles. The Morgan fingerprint density at radius 1 is 0.969 bits per heavy atom. The third kappa shape index (κ3) is 8.47. The molecule has 0 aliphatic carbocycles. The van der Waals surface area contributed by atoms with Crippen LogP contribution in [0.1, 0.15) is 56.1 Å². The first kappa shape index (κ1) is 25.0. The van der Waals surface area contributed by atoms with E-state index in [-0.39, 0.29) is 11.7 Å². The maximum atomic E-state index is 12.4. The van der Waals surface area contributed by atoms with Crippen molar-refractivity contribution in [2.45, 2.75) is 59.5 Å². The van der Waals surface area contributed by atoms with Crippen molar-refractivity contribution in [2.75, 3.05) is 7.11 Å². The number of urea groups is 1. The number of amides is 3. The smallest absolute Gasteiger partial charge is 0.333 e. The van der Waals surface area contributed by atoms with Crippen molar-refractivity contribution in [1.29, 1.82) is 0 Å². The van der Waals surface area contributed by atoms with Gasteiger partial charge in [0.25, 0.3) is 5.91 Å². The van der Waals surface area contributed by atoms with Gasteiger partial charge in [0.2, 0.25) is 0 Å². The molecule has 0 bridgehead atoms. The minimum Gasteiger partial charge on any atom is -0.493 e. The fraction of sp³-hybridized carbons (Fsp3) is 0.417. The summed E-state index contributed by atoms with van der Waals surface area (Å²) in [4.78, 5) is 24.4. The second-order valence-corrected chi connectivity index (χ2v) is 8.52. The molecule has 3 N–H and O–H groups in total. The summed E-state index contributed by atoms with van der Waals surface area (Å²) in [5.74, 6) is 0.502. The summed E-state index contributed by atoms with van der Waals surface area (Å²) in [5.41, 5.74) is 6.77. The van der Waals surface area contributed by atoms with Crippen molar-refractivity contribution in [2.24, 2.45) is 0 Å². The number of hydrogen-bond donors (Lipinski definition) is 3. The van der Waals surface area contributed by atoms with E-state index in [1.54, 1.807) is 18.2 Å². The van der Waals surface area contributed by atoms with Crippen LogP contribution < -0.4 is 25.6 Å². The fourth-order valence-electron chi connectivity index (χ4n) is 2.70. The number of methoxy groups -OCH3 is 1. The van der Waals surface area contributed by atoms with Gasteiger partial charge in [0.15, 0.2) is 11.5 Å². The highest BCUT2D eigenvalue weighted by Gasteiger charge is 2.13. The molecule has 0 radical (unpaired) electrons. The van der Waals surface area contributed by atoms with Crippen LogP contribution in [-0.2, 0) is 17.9 Å². The van der Waals surface area contributed by atoms with Gasteiger partial charge in [-0.05, 0) is 63.9 Å². The van der Waals surface area contributed by atoms with E-state index in [1.165, 1.54) is 7.11 Å². The zero-order valence-electron chi connectivity index (χ0n) is 19.6. The van der Waals surface area contributed by atoms with Gasteiger partial charge in [-0.15, -0.1) is 0 Å². The van der Waals surface area contributed by atoms with Crippen LogP contribution >= 0.6 is 0 Å². The lowest BCUT2D eigenvalue weighted by Crippen LogP contribution is -2.46. The quantitative estimate of drug-likeness (QED) is 0.537. The second-order valence-electron chi connectivity index (χ2n) is 8.52. The Kier molecular flexibility index (Phi) is 8.90. The van der Waals surface area contributed by atoms with E-state index in [4.69, 9.17) is 14.2 Å². The maximum Gasteiger partial charge on any atom is 0.333 e. The predicted molar refractivity (Wildman–Crippen MR) is 123 cm³/mol. The van der Waals surface area contributed by atoms with Gasteiger partial charge in [-0.1, -0.05) is 24.3 Å². The Bertz CT molecular complexity index is 922. The Hall–Kier alpha value is -3.26. The molecule has 0 spiro atoms. The van der Waals surface area contributed by atoms with Crippen LogP contribution in [-0.4, -0.2) is 30.8 Å². The number of hydrazine groups is 1. The number of carbonyl (C=O) groups is 2. The van der Waals surface area contributed by atoms with E-state index in [0.29, 0.717) is 30.2 Å². The molecule has 0 saturated carbocycles. The average Bonchev–Trinajstić information content (AvgIpc) is 2.74. The summed E-state index contributed by atoms with van der Waals surface area (Å²) in [6, 6.07) is 12.0. The predicted octanol–water partition coefficient (Wildman–Crippen LogP) is 3.94. The summed E-state index contributed by atoms with van der Waals surface area (Å²) in [6.07, 6.45) is -0.0272. The lowest BCUT2D eigenvalue weighted by atomic mass is 10.1. The molecule has 3 amide bonds. The van der Waals surface area contributed by atoms with Crippen LogP contribution in [0.25, 0.3) is 0 Å². The lowest BCUT2D eigenvalue weighted by Gasteiger charge is -2.19. The maximum absolute atomic E-state index is 12.4. The van der Waals surface area contributed by atoms with E-state index in [9.17, 15) is 9.59 Å². The molecule has 0 aromatic heterocycles. The molecule has 8 nitrogen and oxygen atoms in total. The third-order valence-electron chi connectivity index (χ3n) is 4.19. The minimum atomic E-state index is -0.526. The molecular weight excluding hydrogens is 410 g/mol. The first-order chi connectivity index (χ1) is 15.1. The van der Waals surface area contributed by atoms with E-state index in [1.807, 2.05) is 58.9 Å². The van der Waals surface area contributed by atoms with E-state index in [0.717, 1.165) is 11.1 Å². The Labute approximate surface area is 189 Å². The second kappa shape index (κ2) is 11.4. The standard InChI is InChI=1S/C24H33N3O5/c1-16(2)32-20-11-10-19(13-21(20)30-6)22(28)26-27-23(29)25-14-17-8-7-9-18(12-17)15-31-24(3,4)5/h7-13,16H,14-15H2,1-6H3,(H,26,28)(H2,25,27,29). The van der Waals surface area contributed by atoms with Gasteiger partial charge in [0.05, 0.1) is 25.4 Å². The molecule has 2 aromatic rings. The van der Waals surface area contributed by atoms with Crippen molar-refractivity contribution in [3.05, 3.63) is 59.2 Å². The molecule has 0 aliphatic rings. The lowest BCUT2D eigenvalue weighted by molar-refractivity contribution is -0.0149. The number of rotatable bonds is 8.